The standard InChI is InChI=1S/C19H19BrFN3O2/c1-12(2)17(23-18(25)14-6-8-16(21)9-7-14)19(26)24-22-11-13-4-3-5-15(20)10-13/h3-12,17H,1-2H3,(H,23,25)(H,24,26). The third-order valence-corrected chi connectivity index (χ3v) is 4.07. The minimum Gasteiger partial charge on any atom is -0.340 e. The van der Waals surface area contributed by atoms with Crippen molar-refractivity contribution in [3.8, 4) is 0 Å². The van der Waals surface area contributed by atoms with Gasteiger partial charge in [-0.25, -0.2) is 9.82 Å². The zero-order valence-corrected chi connectivity index (χ0v) is 16.0. The number of hydrogen-bond acceptors (Lipinski definition) is 3. The molecule has 0 spiro atoms. The van der Waals surface area contributed by atoms with Crippen LogP contribution in [0.5, 0.6) is 0 Å². The Hall–Kier alpha value is -2.54. The summed E-state index contributed by atoms with van der Waals surface area (Å²) in [4.78, 5) is 24.6. The van der Waals surface area contributed by atoms with E-state index in [4.69, 9.17) is 0 Å². The predicted molar refractivity (Wildman–Crippen MR) is 102 cm³/mol. The fourth-order valence-corrected chi connectivity index (χ4v) is 2.60. The lowest BCUT2D eigenvalue weighted by Gasteiger charge is -2.20. The highest BCUT2D eigenvalue weighted by atomic mass is 79.9. The molecule has 2 amide bonds. The highest BCUT2D eigenvalue weighted by Gasteiger charge is 2.24. The first-order chi connectivity index (χ1) is 12.4. The van der Waals surface area contributed by atoms with E-state index in [-0.39, 0.29) is 11.5 Å². The summed E-state index contributed by atoms with van der Waals surface area (Å²) in [6.07, 6.45) is 1.52. The van der Waals surface area contributed by atoms with Gasteiger partial charge in [-0.05, 0) is 47.9 Å². The van der Waals surface area contributed by atoms with Gasteiger partial charge in [0.1, 0.15) is 11.9 Å². The maximum absolute atomic E-state index is 13.0. The second-order valence-electron chi connectivity index (χ2n) is 5.99. The summed E-state index contributed by atoms with van der Waals surface area (Å²) in [7, 11) is 0. The maximum Gasteiger partial charge on any atom is 0.262 e. The second-order valence-corrected chi connectivity index (χ2v) is 6.91. The number of benzene rings is 2. The van der Waals surface area contributed by atoms with E-state index in [9.17, 15) is 14.0 Å². The molecule has 0 bridgehead atoms. The third kappa shape index (κ3) is 5.77. The Labute approximate surface area is 159 Å². The fraction of sp³-hybridized carbons (Fsp3) is 0.211. The predicted octanol–water partition coefficient (Wildman–Crippen LogP) is 3.49. The number of carbonyl (C=O) groups excluding carboxylic acids is 2. The largest absolute Gasteiger partial charge is 0.340 e. The lowest BCUT2D eigenvalue weighted by Crippen LogP contribution is -2.48. The van der Waals surface area contributed by atoms with Gasteiger partial charge in [0.15, 0.2) is 0 Å². The normalized spacial score (nSPS) is 12.2. The summed E-state index contributed by atoms with van der Waals surface area (Å²) >= 11 is 3.36. The van der Waals surface area contributed by atoms with Gasteiger partial charge in [-0.1, -0.05) is 41.9 Å². The first-order valence-electron chi connectivity index (χ1n) is 8.01. The summed E-state index contributed by atoms with van der Waals surface area (Å²) in [5.74, 6) is -1.46. The smallest absolute Gasteiger partial charge is 0.262 e. The molecule has 26 heavy (non-hydrogen) atoms. The molecule has 0 heterocycles. The van der Waals surface area contributed by atoms with Crippen molar-refractivity contribution in [2.75, 3.05) is 0 Å². The molecule has 2 rings (SSSR count). The number of amides is 2. The second kappa shape index (κ2) is 9.24. The number of nitrogens with one attached hydrogen (secondary N) is 2. The van der Waals surface area contributed by atoms with Crippen LogP contribution in [0.1, 0.15) is 29.8 Å². The van der Waals surface area contributed by atoms with Crippen molar-refractivity contribution >= 4 is 34.0 Å². The lowest BCUT2D eigenvalue weighted by molar-refractivity contribution is -0.123. The van der Waals surface area contributed by atoms with Crippen LogP contribution in [0.25, 0.3) is 0 Å². The Morgan fingerprint density at radius 3 is 2.46 bits per heavy atom. The Bertz CT molecular complexity index is 807. The van der Waals surface area contributed by atoms with Crippen molar-refractivity contribution in [1.82, 2.24) is 10.7 Å². The molecule has 1 unspecified atom stereocenters. The van der Waals surface area contributed by atoms with Crippen molar-refractivity contribution in [2.24, 2.45) is 11.0 Å². The van der Waals surface area contributed by atoms with E-state index in [2.05, 4.69) is 31.8 Å². The van der Waals surface area contributed by atoms with Crippen LogP contribution >= 0.6 is 15.9 Å². The van der Waals surface area contributed by atoms with Gasteiger partial charge in [-0.3, -0.25) is 9.59 Å². The Morgan fingerprint density at radius 2 is 1.85 bits per heavy atom. The van der Waals surface area contributed by atoms with Crippen LogP contribution in [0.2, 0.25) is 0 Å². The quantitative estimate of drug-likeness (QED) is 0.555. The molecule has 0 aliphatic heterocycles. The van der Waals surface area contributed by atoms with Crippen LogP contribution in [0.3, 0.4) is 0 Å². The molecular weight excluding hydrogens is 401 g/mol. The molecule has 5 nitrogen and oxygen atoms in total. The molecular formula is C19H19BrFN3O2. The van der Waals surface area contributed by atoms with Crippen molar-refractivity contribution in [3.63, 3.8) is 0 Å². The number of carbonyl (C=O) groups is 2. The fourth-order valence-electron chi connectivity index (χ4n) is 2.19. The van der Waals surface area contributed by atoms with Gasteiger partial charge in [0, 0.05) is 10.0 Å². The molecule has 0 aliphatic rings. The molecule has 0 saturated heterocycles. The number of hydrogen-bond donors (Lipinski definition) is 2. The molecule has 0 aromatic heterocycles. The highest BCUT2D eigenvalue weighted by Crippen LogP contribution is 2.10. The first-order valence-corrected chi connectivity index (χ1v) is 8.81. The third-order valence-electron chi connectivity index (χ3n) is 3.58. The van der Waals surface area contributed by atoms with Crippen LogP contribution in [0, 0.1) is 11.7 Å². The summed E-state index contributed by atoms with van der Waals surface area (Å²) in [5.41, 5.74) is 3.53. The van der Waals surface area contributed by atoms with Gasteiger partial charge in [-0.15, -0.1) is 0 Å². The number of nitrogens with zero attached hydrogens (tertiary/aromatic N) is 1. The first kappa shape index (κ1) is 19.8. The Balaban J connectivity index is 2.00. The highest BCUT2D eigenvalue weighted by molar-refractivity contribution is 9.10. The van der Waals surface area contributed by atoms with Gasteiger partial charge in [-0.2, -0.15) is 5.10 Å². The van der Waals surface area contributed by atoms with Crippen molar-refractivity contribution in [1.29, 1.82) is 0 Å². The van der Waals surface area contributed by atoms with Gasteiger partial charge in [0.05, 0.1) is 6.21 Å². The topological polar surface area (TPSA) is 70.6 Å². The van der Waals surface area contributed by atoms with E-state index in [0.717, 1.165) is 10.0 Å². The van der Waals surface area contributed by atoms with Gasteiger partial charge >= 0.3 is 0 Å². The molecule has 2 N–H and O–H groups in total. The minimum absolute atomic E-state index is 0.152. The summed E-state index contributed by atoms with van der Waals surface area (Å²) < 4.78 is 13.9. The van der Waals surface area contributed by atoms with Crippen LogP contribution in [-0.2, 0) is 4.79 Å². The SMILES string of the molecule is CC(C)C(NC(=O)c1ccc(F)cc1)C(=O)NN=Cc1cccc(Br)c1. The molecule has 0 radical (unpaired) electrons. The van der Waals surface area contributed by atoms with Gasteiger partial charge < -0.3 is 5.32 Å². The van der Waals surface area contributed by atoms with Gasteiger partial charge in [0.25, 0.3) is 11.8 Å². The Kier molecular flexibility index (Phi) is 7.03. The summed E-state index contributed by atoms with van der Waals surface area (Å²) in [6, 6.07) is 11.8. The molecule has 136 valence electrons. The molecule has 2 aromatic rings. The van der Waals surface area contributed by atoms with E-state index < -0.39 is 23.7 Å². The Morgan fingerprint density at radius 1 is 1.15 bits per heavy atom. The molecule has 7 heteroatoms. The van der Waals surface area contributed by atoms with Crippen molar-refractivity contribution < 1.29 is 14.0 Å². The van der Waals surface area contributed by atoms with Gasteiger partial charge in [0.2, 0.25) is 0 Å². The molecule has 0 aliphatic carbocycles. The summed E-state index contributed by atoms with van der Waals surface area (Å²) in [6.45, 7) is 3.63. The zero-order chi connectivity index (χ0) is 19.1. The van der Waals surface area contributed by atoms with E-state index in [1.807, 2.05) is 38.1 Å². The van der Waals surface area contributed by atoms with Crippen LogP contribution < -0.4 is 10.7 Å². The van der Waals surface area contributed by atoms with Crippen LogP contribution in [0.4, 0.5) is 4.39 Å². The van der Waals surface area contributed by atoms with Crippen molar-refractivity contribution in [3.05, 3.63) is 69.9 Å². The average Bonchev–Trinajstić information content (AvgIpc) is 2.59. The van der Waals surface area contributed by atoms with E-state index in [1.165, 1.54) is 30.5 Å². The lowest BCUT2D eigenvalue weighted by atomic mass is 10.0. The maximum atomic E-state index is 13.0. The van der Waals surface area contributed by atoms with E-state index in [1.54, 1.807) is 0 Å². The molecule has 0 saturated carbocycles. The summed E-state index contributed by atoms with van der Waals surface area (Å²) in [5, 5.41) is 6.59. The van der Waals surface area contributed by atoms with Crippen LogP contribution in [0.15, 0.2) is 58.1 Å². The number of halogens is 2. The molecule has 0 fully saturated rings. The average molecular weight is 420 g/mol. The van der Waals surface area contributed by atoms with Crippen molar-refractivity contribution in [2.45, 2.75) is 19.9 Å². The number of hydrazone groups is 1. The molecule has 1 atom stereocenters. The van der Waals surface area contributed by atoms with E-state index in [0.29, 0.717) is 0 Å². The molecule has 2 aromatic carbocycles. The van der Waals surface area contributed by atoms with Crippen LogP contribution in [-0.4, -0.2) is 24.1 Å². The zero-order valence-electron chi connectivity index (χ0n) is 14.4. The monoisotopic (exact) mass is 419 g/mol. The number of rotatable bonds is 6. The van der Waals surface area contributed by atoms with E-state index >= 15 is 0 Å². The minimum atomic E-state index is -0.771.